The number of carbonyl (C=O) groups excluding carboxylic acids is 1. The van der Waals surface area contributed by atoms with Crippen LogP contribution in [0.15, 0.2) is 24.3 Å². The molecule has 0 spiro atoms. The van der Waals surface area contributed by atoms with Crippen LogP contribution in [0.4, 0.5) is 0 Å². The molecule has 108 valence electrons. The van der Waals surface area contributed by atoms with E-state index in [0.29, 0.717) is 19.5 Å². The van der Waals surface area contributed by atoms with Crippen molar-refractivity contribution >= 4 is 18.3 Å². The van der Waals surface area contributed by atoms with Crippen LogP contribution in [0.3, 0.4) is 0 Å². The molecule has 0 fully saturated rings. The van der Waals surface area contributed by atoms with Crippen LogP contribution in [0.5, 0.6) is 5.75 Å². The fourth-order valence-corrected chi connectivity index (χ4v) is 1.68. The van der Waals surface area contributed by atoms with Crippen molar-refractivity contribution < 1.29 is 9.53 Å². The van der Waals surface area contributed by atoms with E-state index in [4.69, 9.17) is 10.5 Å². The molecule has 1 aromatic rings. The molecule has 1 rings (SSSR count). The zero-order valence-electron chi connectivity index (χ0n) is 11.7. The second-order valence-corrected chi connectivity index (χ2v) is 4.93. The number of halogens is 1. The zero-order chi connectivity index (χ0) is 13.6. The second kappa shape index (κ2) is 8.02. The van der Waals surface area contributed by atoms with Crippen LogP contribution < -0.4 is 15.8 Å². The van der Waals surface area contributed by atoms with Crippen molar-refractivity contribution in [3.8, 4) is 5.75 Å². The number of nitrogens with two attached hydrogens (primary N) is 1. The standard InChI is InChI=1S/C14H22N2O2.ClH/c1-14(2,10-16-13(17)8-9-15)11-4-6-12(18-3)7-5-11;/h4-7H,8-10,15H2,1-3H3,(H,16,17);1H. The summed E-state index contributed by atoms with van der Waals surface area (Å²) in [5.41, 5.74) is 6.39. The molecule has 0 aromatic heterocycles. The number of ether oxygens (including phenoxy) is 1. The average Bonchev–Trinajstić information content (AvgIpc) is 2.37. The third kappa shape index (κ3) is 5.49. The van der Waals surface area contributed by atoms with Gasteiger partial charge in [-0.2, -0.15) is 0 Å². The molecule has 4 nitrogen and oxygen atoms in total. The van der Waals surface area contributed by atoms with E-state index in [1.54, 1.807) is 7.11 Å². The third-order valence-corrected chi connectivity index (χ3v) is 2.97. The molecule has 0 atom stereocenters. The number of benzene rings is 1. The molecule has 0 aliphatic carbocycles. The van der Waals surface area contributed by atoms with Crippen molar-refractivity contribution in [3.05, 3.63) is 29.8 Å². The SMILES string of the molecule is COc1ccc(C(C)(C)CNC(=O)CCN)cc1.Cl. The monoisotopic (exact) mass is 286 g/mol. The number of methoxy groups -OCH3 is 1. The Morgan fingerprint density at radius 2 is 1.89 bits per heavy atom. The number of amides is 1. The summed E-state index contributed by atoms with van der Waals surface area (Å²) < 4.78 is 5.13. The molecule has 1 aromatic carbocycles. The number of nitrogens with one attached hydrogen (secondary N) is 1. The molecular weight excluding hydrogens is 264 g/mol. The fraction of sp³-hybridized carbons (Fsp3) is 0.500. The van der Waals surface area contributed by atoms with Gasteiger partial charge in [0.15, 0.2) is 0 Å². The summed E-state index contributed by atoms with van der Waals surface area (Å²) in [6, 6.07) is 7.90. The molecule has 0 aliphatic rings. The van der Waals surface area contributed by atoms with Crippen molar-refractivity contribution in [2.75, 3.05) is 20.2 Å². The lowest BCUT2D eigenvalue weighted by molar-refractivity contribution is -0.121. The first-order valence-corrected chi connectivity index (χ1v) is 6.11. The van der Waals surface area contributed by atoms with Gasteiger partial charge in [0.2, 0.25) is 5.91 Å². The summed E-state index contributed by atoms with van der Waals surface area (Å²) in [7, 11) is 1.65. The van der Waals surface area contributed by atoms with Crippen LogP contribution in [0.1, 0.15) is 25.8 Å². The Balaban J connectivity index is 0.00000324. The first kappa shape index (κ1) is 17.7. The average molecular weight is 287 g/mol. The normalized spacial score (nSPS) is 10.5. The lowest BCUT2D eigenvalue weighted by Gasteiger charge is -2.25. The van der Waals surface area contributed by atoms with Crippen molar-refractivity contribution in [3.63, 3.8) is 0 Å². The van der Waals surface area contributed by atoms with E-state index >= 15 is 0 Å². The summed E-state index contributed by atoms with van der Waals surface area (Å²) in [5.74, 6) is 0.834. The quantitative estimate of drug-likeness (QED) is 0.839. The highest BCUT2D eigenvalue weighted by Crippen LogP contribution is 2.24. The van der Waals surface area contributed by atoms with Gasteiger partial charge in [-0.05, 0) is 17.7 Å². The van der Waals surface area contributed by atoms with E-state index in [1.165, 1.54) is 0 Å². The maximum absolute atomic E-state index is 11.4. The fourth-order valence-electron chi connectivity index (χ4n) is 1.68. The van der Waals surface area contributed by atoms with Gasteiger partial charge in [-0.25, -0.2) is 0 Å². The second-order valence-electron chi connectivity index (χ2n) is 4.93. The predicted octanol–water partition coefficient (Wildman–Crippen LogP) is 1.86. The minimum atomic E-state index is -0.115. The first-order chi connectivity index (χ1) is 8.49. The molecule has 1 amide bonds. The van der Waals surface area contributed by atoms with Crippen LogP contribution in [-0.2, 0) is 10.2 Å². The van der Waals surface area contributed by atoms with Gasteiger partial charge in [0.1, 0.15) is 5.75 Å². The highest BCUT2D eigenvalue weighted by atomic mass is 35.5. The van der Waals surface area contributed by atoms with E-state index in [0.717, 1.165) is 11.3 Å². The van der Waals surface area contributed by atoms with Gasteiger partial charge in [-0.15, -0.1) is 12.4 Å². The summed E-state index contributed by atoms with van der Waals surface area (Å²) in [6.45, 7) is 5.17. The van der Waals surface area contributed by atoms with E-state index in [2.05, 4.69) is 19.2 Å². The number of hydrogen-bond acceptors (Lipinski definition) is 3. The molecule has 0 bridgehead atoms. The molecule has 0 aliphatic heterocycles. The lowest BCUT2D eigenvalue weighted by Crippen LogP contribution is -2.37. The first-order valence-electron chi connectivity index (χ1n) is 6.11. The summed E-state index contributed by atoms with van der Waals surface area (Å²) in [4.78, 5) is 11.4. The van der Waals surface area contributed by atoms with Crippen molar-refractivity contribution in [2.24, 2.45) is 5.73 Å². The molecule has 5 heteroatoms. The Morgan fingerprint density at radius 3 is 2.37 bits per heavy atom. The molecule has 0 radical (unpaired) electrons. The van der Waals surface area contributed by atoms with Crippen molar-refractivity contribution in [1.82, 2.24) is 5.32 Å². The molecule has 19 heavy (non-hydrogen) atoms. The maximum atomic E-state index is 11.4. The highest BCUT2D eigenvalue weighted by Gasteiger charge is 2.21. The van der Waals surface area contributed by atoms with E-state index in [9.17, 15) is 4.79 Å². The van der Waals surface area contributed by atoms with Crippen LogP contribution in [-0.4, -0.2) is 26.1 Å². The molecule has 3 N–H and O–H groups in total. The third-order valence-electron chi connectivity index (χ3n) is 2.97. The highest BCUT2D eigenvalue weighted by molar-refractivity contribution is 5.85. The minimum Gasteiger partial charge on any atom is -0.497 e. The molecule has 0 unspecified atom stereocenters. The van der Waals surface area contributed by atoms with E-state index in [1.807, 2.05) is 24.3 Å². The van der Waals surface area contributed by atoms with Gasteiger partial charge in [0, 0.05) is 24.9 Å². The van der Waals surface area contributed by atoms with Crippen molar-refractivity contribution in [1.29, 1.82) is 0 Å². The van der Waals surface area contributed by atoms with Gasteiger partial charge >= 0.3 is 0 Å². The summed E-state index contributed by atoms with van der Waals surface area (Å²) >= 11 is 0. The Morgan fingerprint density at radius 1 is 1.32 bits per heavy atom. The van der Waals surface area contributed by atoms with Gasteiger partial charge in [-0.1, -0.05) is 26.0 Å². The lowest BCUT2D eigenvalue weighted by atomic mass is 9.84. The smallest absolute Gasteiger partial charge is 0.221 e. The van der Waals surface area contributed by atoms with Crippen molar-refractivity contribution in [2.45, 2.75) is 25.7 Å². The Labute approximate surface area is 121 Å². The summed E-state index contributed by atoms with van der Waals surface area (Å²) in [6.07, 6.45) is 0.374. The van der Waals surface area contributed by atoms with Crippen LogP contribution >= 0.6 is 12.4 Å². The molecule has 0 saturated heterocycles. The number of rotatable bonds is 6. The van der Waals surface area contributed by atoms with Gasteiger partial charge in [0.05, 0.1) is 7.11 Å². The largest absolute Gasteiger partial charge is 0.497 e. The van der Waals surface area contributed by atoms with Gasteiger partial charge in [0.25, 0.3) is 0 Å². The Kier molecular flexibility index (Phi) is 7.49. The Hall–Kier alpha value is -1.26. The maximum Gasteiger partial charge on any atom is 0.221 e. The number of carbonyl (C=O) groups is 1. The van der Waals surface area contributed by atoms with Crippen LogP contribution in [0.25, 0.3) is 0 Å². The Bertz CT molecular complexity index is 391. The molecule has 0 heterocycles. The summed E-state index contributed by atoms with van der Waals surface area (Å²) in [5, 5.41) is 2.90. The van der Waals surface area contributed by atoms with Crippen LogP contribution in [0, 0.1) is 0 Å². The molecule has 0 saturated carbocycles. The number of hydrogen-bond donors (Lipinski definition) is 2. The minimum absolute atomic E-state index is 0. The van der Waals surface area contributed by atoms with Gasteiger partial charge < -0.3 is 15.8 Å². The van der Waals surface area contributed by atoms with E-state index in [-0.39, 0.29) is 23.7 Å². The van der Waals surface area contributed by atoms with Gasteiger partial charge in [-0.3, -0.25) is 4.79 Å². The zero-order valence-corrected chi connectivity index (χ0v) is 12.5. The predicted molar refractivity (Wildman–Crippen MR) is 79.9 cm³/mol. The van der Waals surface area contributed by atoms with E-state index < -0.39 is 0 Å². The topological polar surface area (TPSA) is 64.3 Å². The van der Waals surface area contributed by atoms with Crippen LogP contribution in [0.2, 0.25) is 0 Å². The molecular formula is C14H23ClN2O2.